The molecule has 6 nitrogen and oxygen atoms in total. The normalized spacial score (nSPS) is 11.2. The molecule has 1 heterocycles. The van der Waals surface area contributed by atoms with Crippen molar-refractivity contribution < 1.29 is 9.21 Å². The van der Waals surface area contributed by atoms with Crippen molar-refractivity contribution in [2.24, 2.45) is 0 Å². The Hall–Kier alpha value is -2.08. The average Bonchev–Trinajstić information content (AvgIpc) is 2.75. The lowest BCUT2D eigenvalue weighted by molar-refractivity contribution is -0.121. The predicted molar refractivity (Wildman–Crippen MR) is 76.7 cm³/mol. The maximum Gasteiger partial charge on any atom is 0.417 e. The first-order chi connectivity index (χ1) is 9.54. The number of nitrogens with one attached hydrogen (secondary N) is 2. The Labute approximate surface area is 116 Å². The van der Waals surface area contributed by atoms with Crippen LogP contribution in [0.4, 0.5) is 0 Å². The molecule has 0 saturated heterocycles. The third-order valence-corrected chi connectivity index (χ3v) is 3.01. The predicted octanol–water partition coefficient (Wildman–Crippen LogP) is 0.732. The van der Waals surface area contributed by atoms with Crippen LogP contribution in [0, 0.1) is 0 Å². The number of carbonyl (C=O) groups excluding carboxylic acids is 1. The van der Waals surface area contributed by atoms with E-state index in [0.717, 1.165) is 12.1 Å². The van der Waals surface area contributed by atoms with E-state index >= 15 is 0 Å². The number of oxazole rings is 1. The van der Waals surface area contributed by atoms with Crippen molar-refractivity contribution in [1.29, 1.82) is 0 Å². The molecule has 20 heavy (non-hydrogen) atoms. The molecule has 6 heteroatoms. The summed E-state index contributed by atoms with van der Waals surface area (Å²) in [6, 6.07) is 5.45. The molecule has 108 valence electrons. The Kier molecular flexibility index (Phi) is 4.57. The van der Waals surface area contributed by atoms with Crippen LogP contribution in [-0.2, 0) is 11.2 Å². The molecule has 0 radical (unpaired) electrons. The molecule has 2 N–H and O–H groups in total. The van der Waals surface area contributed by atoms with Crippen LogP contribution in [0.1, 0.15) is 12.0 Å². The van der Waals surface area contributed by atoms with Gasteiger partial charge in [0, 0.05) is 19.5 Å². The second kappa shape index (κ2) is 6.38. The molecule has 0 aliphatic heterocycles. The topological polar surface area (TPSA) is 78.3 Å². The number of hydrogen-bond acceptors (Lipinski definition) is 4. The smallest absolute Gasteiger partial charge is 0.408 e. The summed E-state index contributed by atoms with van der Waals surface area (Å²) in [4.78, 5) is 27.3. The van der Waals surface area contributed by atoms with Gasteiger partial charge in [0.25, 0.3) is 0 Å². The standard InChI is InChI=1S/C14H19N3O3/c1-17(2)8-7-15-13(18)6-4-10-3-5-12-11(9-10)16-14(19)20-12/h3,5,9H,4,6-8H2,1-2H3,(H,15,18)(H,16,19). The largest absolute Gasteiger partial charge is 0.417 e. The Balaban J connectivity index is 1.85. The van der Waals surface area contributed by atoms with Crippen molar-refractivity contribution >= 4 is 17.0 Å². The monoisotopic (exact) mass is 277 g/mol. The van der Waals surface area contributed by atoms with Crippen molar-refractivity contribution in [2.75, 3.05) is 27.2 Å². The van der Waals surface area contributed by atoms with Gasteiger partial charge >= 0.3 is 5.76 Å². The maximum absolute atomic E-state index is 11.7. The highest BCUT2D eigenvalue weighted by molar-refractivity contribution is 5.77. The van der Waals surface area contributed by atoms with Gasteiger partial charge in [0.2, 0.25) is 5.91 Å². The van der Waals surface area contributed by atoms with E-state index in [2.05, 4.69) is 10.3 Å². The molecule has 0 atom stereocenters. The minimum Gasteiger partial charge on any atom is -0.408 e. The van der Waals surface area contributed by atoms with Crippen LogP contribution in [0.25, 0.3) is 11.1 Å². The summed E-state index contributed by atoms with van der Waals surface area (Å²) in [5, 5.41) is 2.87. The van der Waals surface area contributed by atoms with Gasteiger partial charge in [-0.25, -0.2) is 4.79 Å². The zero-order valence-electron chi connectivity index (χ0n) is 11.7. The van der Waals surface area contributed by atoms with E-state index in [1.165, 1.54) is 0 Å². The number of nitrogens with zero attached hydrogens (tertiary/aromatic N) is 1. The molecule has 2 rings (SSSR count). The summed E-state index contributed by atoms with van der Waals surface area (Å²) in [5.74, 6) is -0.425. The molecule has 0 aliphatic rings. The Morgan fingerprint density at radius 2 is 2.20 bits per heavy atom. The van der Waals surface area contributed by atoms with Gasteiger partial charge in [-0.1, -0.05) is 6.07 Å². The Bertz CT molecular complexity index is 642. The van der Waals surface area contributed by atoms with E-state index in [-0.39, 0.29) is 5.91 Å². The van der Waals surface area contributed by atoms with Crippen LogP contribution >= 0.6 is 0 Å². The second-order valence-corrected chi connectivity index (χ2v) is 5.00. The molecule has 2 aromatic rings. The third-order valence-electron chi connectivity index (χ3n) is 3.01. The zero-order chi connectivity index (χ0) is 14.5. The van der Waals surface area contributed by atoms with Crippen LogP contribution in [-0.4, -0.2) is 43.0 Å². The van der Waals surface area contributed by atoms with E-state index < -0.39 is 5.76 Å². The number of carbonyl (C=O) groups is 1. The maximum atomic E-state index is 11.7. The van der Waals surface area contributed by atoms with E-state index in [1.54, 1.807) is 6.07 Å². The zero-order valence-corrected chi connectivity index (χ0v) is 11.7. The first-order valence-corrected chi connectivity index (χ1v) is 6.58. The van der Waals surface area contributed by atoms with Crippen molar-refractivity contribution in [3.05, 3.63) is 34.3 Å². The van der Waals surface area contributed by atoms with Crippen molar-refractivity contribution in [3.63, 3.8) is 0 Å². The van der Waals surface area contributed by atoms with Gasteiger partial charge in [-0.2, -0.15) is 0 Å². The molecule has 0 spiro atoms. The molecule has 1 aromatic carbocycles. The minimum absolute atomic E-state index is 0.0348. The number of aromatic amines is 1. The van der Waals surface area contributed by atoms with Crippen LogP contribution in [0.2, 0.25) is 0 Å². The average molecular weight is 277 g/mol. The number of aryl methyl sites for hydroxylation is 1. The number of H-pyrrole nitrogens is 1. The van der Waals surface area contributed by atoms with E-state index in [4.69, 9.17) is 4.42 Å². The summed E-state index contributed by atoms with van der Waals surface area (Å²) in [5.41, 5.74) is 2.20. The van der Waals surface area contributed by atoms with Gasteiger partial charge in [0.15, 0.2) is 5.58 Å². The fraction of sp³-hybridized carbons (Fsp3) is 0.429. The van der Waals surface area contributed by atoms with Gasteiger partial charge in [-0.15, -0.1) is 0 Å². The molecule has 0 fully saturated rings. The molecule has 0 aliphatic carbocycles. The SMILES string of the molecule is CN(C)CCNC(=O)CCc1ccc2oc(=O)[nH]c2c1. The van der Waals surface area contributed by atoms with Gasteiger partial charge in [0.05, 0.1) is 5.52 Å². The molecule has 1 aromatic heterocycles. The lowest BCUT2D eigenvalue weighted by Gasteiger charge is -2.10. The first-order valence-electron chi connectivity index (χ1n) is 6.58. The highest BCUT2D eigenvalue weighted by Crippen LogP contribution is 2.13. The number of benzene rings is 1. The van der Waals surface area contributed by atoms with Gasteiger partial charge in [0.1, 0.15) is 0 Å². The lowest BCUT2D eigenvalue weighted by Crippen LogP contribution is -2.31. The lowest BCUT2D eigenvalue weighted by atomic mass is 10.1. The number of amides is 1. The van der Waals surface area contributed by atoms with Crippen LogP contribution in [0.5, 0.6) is 0 Å². The number of fused-ring (bicyclic) bond motifs is 1. The van der Waals surface area contributed by atoms with Gasteiger partial charge < -0.3 is 14.6 Å². The minimum atomic E-state index is -0.460. The van der Waals surface area contributed by atoms with Crippen LogP contribution in [0.3, 0.4) is 0 Å². The van der Waals surface area contributed by atoms with Crippen LogP contribution < -0.4 is 11.1 Å². The molecule has 1 amide bonds. The first kappa shape index (κ1) is 14.3. The third kappa shape index (κ3) is 3.96. The summed E-state index contributed by atoms with van der Waals surface area (Å²) >= 11 is 0. The summed E-state index contributed by atoms with van der Waals surface area (Å²) in [7, 11) is 3.93. The molecule has 0 bridgehead atoms. The molecular weight excluding hydrogens is 258 g/mol. The highest BCUT2D eigenvalue weighted by Gasteiger charge is 2.05. The van der Waals surface area contributed by atoms with Crippen molar-refractivity contribution in [3.8, 4) is 0 Å². The van der Waals surface area contributed by atoms with Crippen molar-refractivity contribution in [1.82, 2.24) is 15.2 Å². The quantitative estimate of drug-likeness (QED) is 0.816. The number of aromatic nitrogens is 1. The van der Waals surface area contributed by atoms with E-state index in [1.807, 2.05) is 31.1 Å². The molecule has 0 unspecified atom stereocenters. The van der Waals surface area contributed by atoms with Crippen LogP contribution in [0.15, 0.2) is 27.4 Å². The highest BCUT2D eigenvalue weighted by atomic mass is 16.4. The molecular formula is C14H19N3O3. The summed E-state index contributed by atoms with van der Waals surface area (Å²) in [6.07, 6.45) is 1.07. The number of rotatable bonds is 6. The number of hydrogen-bond donors (Lipinski definition) is 2. The fourth-order valence-electron chi connectivity index (χ4n) is 1.92. The van der Waals surface area contributed by atoms with Crippen molar-refractivity contribution in [2.45, 2.75) is 12.8 Å². The molecule has 0 saturated carbocycles. The Morgan fingerprint density at radius 1 is 1.40 bits per heavy atom. The second-order valence-electron chi connectivity index (χ2n) is 5.00. The van der Waals surface area contributed by atoms with E-state index in [0.29, 0.717) is 30.5 Å². The van der Waals surface area contributed by atoms with Gasteiger partial charge in [-0.05, 0) is 38.2 Å². The fourth-order valence-corrected chi connectivity index (χ4v) is 1.92. The Morgan fingerprint density at radius 3 is 2.95 bits per heavy atom. The van der Waals surface area contributed by atoms with Gasteiger partial charge in [-0.3, -0.25) is 9.78 Å². The number of likely N-dealkylation sites (N-methyl/N-ethyl adjacent to an activating group) is 1. The summed E-state index contributed by atoms with van der Waals surface area (Å²) in [6.45, 7) is 1.48. The van der Waals surface area contributed by atoms with E-state index in [9.17, 15) is 9.59 Å². The summed E-state index contributed by atoms with van der Waals surface area (Å²) < 4.78 is 4.93.